The van der Waals surface area contributed by atoms with Gasteiger partial charge >= 0.3 is 0 Å². The monoisotopic (exact) mass is 351 g/mol. The third kappa shape index (κ3) is 3.25. The maximum Gasteiger partial charge on any atom is 0.274 e. The van der Waals surface area contributed by atoms with Crippen LogP contribution in [0.15, 0.2) is 47.3 Å². The quantitative estimate of drug-likeness (QED) is 0.753. The zero-order valence-electron chi connectivity index (χ0n) is 14.6. The number of pyridine rings is 2. The SMILES string of the molecule is CC1CC(N)CN(c2ccncc2NC(=O)c2ccc3ccoc3n2)C1. The summed E-state index contributed by atoms with van der Waals surface area (Å²) in [5.41, 5.74) is 8.49. The molecule has 0 saturated carbocycles. The molecule has 0 radical (unpaired) electrons. The van der Waals surface area contributed by atoms with Crippen LogP contribution in [-0.4, -0.2) is 35.0 Å². The number of nitrogens with zero attached hydrogens (tertiary/aromatic N) is 3. The predicted molar refractivity (Wildman–Crippen MR) is 100 cm³/mol. The van der Waals surface area contributed by atoms with Crippen molar-refractivity contribution >= 4 is 28.4 Å². The molecule has 0 spiro atoms. The van der Waals surface area contributed by atoms with Gasteiger partial charge in [-0.25, -0.2) is 4.98 Å². The number of fused-ring (bicyclic) bond motifs is 1. The molecule has 1 fully saturated rings. The summed E-state index contributed by atoms with van der Waals surface area (Å²) in [6, 6.07) is 7.34. The number of nitrogens with one attached hydrogen (secondary N) is 1. The molecule has 0 aromatic carbocycles. The molecular weight excluding hydrogens is 330 g/mol. The number of aromatic nitrogens is 2. The van der Waals surface area contributed by atoms with Crippen LogP contribution >= 0.6 is 0 Å². The van der Waals surface area contributed by atoms with Crippen molar-refractivity contribution in [1.82, 2.24) is 9.97 Å². The Morgan fingerprint density at radius 3 is 3.04 bits per heavy atom. The van der Waals surface area contributed by atoms with E-state index in [0.717, 1.165) is 30.6 Å². The minimum atomic E-state index is -0.299. The summed E-state index contributed by atoms with van der Waals surface area (Å²) in [7, 11) is 0. The molecule has 134 valence electrons. The average molecular weight is 351 g/mol. The zero-order chi connectivity index (χ0) is 18.1. The van der Waals surface area contributed by atoms with Crippen LogP contribution in [0.1, 0.15) is 23.8 Å². The normalized spacial score (nSPS) is 20.3. The Labute approximate surface area is 151 Å². The van der Waals surface area contributed by atoms with E-state index in [4.69, 9.17) is 10.2 Å². The first kappa shape index (κ1) is 16.5. The van der Waals surface area contributed by atoms with Gasteiger partial charge in [-0.3, -0.25) is 9.78 Å². The third-order valence-electron chi connectivity index (χ3n) is 4.63. The first-order valence-corrected chi connectivity index (χ1v) is 8.70. The fourth-order valence-corrected chi connectivity index (χ4v) is 3.51. The smallest absolute Gasteiger partial charge is 0.274 e. The minimum Gasteiger partial charge on any atom is -0.446 e. The second kappa shape index (κ2) is 6.76. The van der Waals surface area contributed by atoms with Crippen molar-refractivity contribution < 1.29 is 9.21 Å². The van der Waals surface area contributed by atoms with Crippen molar-refractivity contribution in [2.45, 2.75) is 19.4 Å². The number of anilines is 2. The molecule has 7 nitrogen and oxygen atoms in total. The Hall–Kier alpha value is -2.93. The van der Waals surface area contributed by atoms with Gasteiger partial charge in [0, 0.05) is 30.7 Å². The van der Waals surface area contributed by atoms with Crippen LogP contribution in [0, 0.1) is 5.92 Å². The van der Waals surface area contributed by atoms with Gasteiger partial charge in [0.2, 0.25) is 5.71 Å². The Morgan fingerprint density at radius 2 is 2.19 bits per heavy atom. The first-order valence-electron chi connectivity index (χ1n) is 8.70. The number of nitrogens with two attached hydrogens (primary N) is 1. The minimum absolute atomic E-state index is 0.124. The molecule has 1 aliphatic rings. The highest BCUT2D eigenvalue weighted by molar-refractivity contribution is 6.05. The summed E-state index contributed by atoms with van der Waals surface area (Å²) in [5.74, 6) is 0.199. The number of hydrogen-bond donors (Lipinski definition) is 2. The molecule has 2 unspecified atom stereocenters. The van der Waals surface area contributed by atoms with E-state index >= 15 is 0 Å². The molecule has 3 N–H and O–H groups in total. The molecular formula is C19H21N5O2. The topological polar surface area (TPSA) is 97.3 Å². The van der Waals surface area contributed by atoms with E-state index in [2.05, 4.69) is 27.1 Å². The summed E-state index contributed by atoms with van der Waals surface area (Å²) >= 11 is 0. The van der Waals surface area contributed by atoms with E-state index in [1.54, 1.807) is 24.7 Å². The fraction of sp³-hybridized carbons (Fsp3) is 0.316. The van der Waals surface area contributed by atoms with Gasteiger partial charge < -0.3 is 20.4 Å². The van der Waals surface area contributed by atoms with E-state index in [0.29, 0.717) is 23.0 Å². The van der Waals surface area contributed by atoms with Crippen LogP contribution in [-0.2, 0) is 0 Å². The van der Waals surface area contributed by atoms with Crippen LogP contribution in [0.2, 0.25) is 0 Å². The van der Waals surface area contributed by atoms with Crippen LogP contribution in [0.25, 0.3) is 11.1 Å². The Balaban J connectivity index is 1.59. The molecule has 0 bridgehead atoms. The Morgan fingerprint density at radius 1 is 1.31 bits per heavy atom. The van der Waals surface area contributed by atoms with Gasteiger partial charge in [0.25, 0.3) is 5.91 Å². The van der Waals surface area contributed by atoms with E-state index in [1.807, 2.05) is 18.2 Å². The molecule has 1 amide bonds. The molecule has 2 atom stereocenters. The second-order valence-electron chi connectivity index (χ2n) is 6.86. The van der Waals surface area contributed by atoms with Gasteiger partial charge in [-0.1, -0.05) is 6.92 Å². The summed E-state index contributed by atoms with van der Waals surface area (Å²) < 4.78 is 5.28. The molecule has 3 aromatic rings. The number of hydrogen-bond acceptors (Lipinski definition) is 6. The lowest BCUT2D eigenvalue weighted by atomic mass is 9.96. The average Bonchev–Trinajstić information content (AvgIpc) is 3.09. The van der Waals surface area contributed by atoms with Crippen molar-refractivity contribution in [2.75, 3.05) is 23.3 Å². The van der Waals surface area contributed by atoms with E-state index in [-0.39, 0.29) is 11.9 Å². The van der Waals surface area contributed by atoms with Crippen molar-refractivity contribution in [3.8, 4) is 0 Å². The fourth-order valence-electron chi connectivity index (χ4n) is 3.51. The highest BCUT2D eigenvalue weighted by atomic mass is 16.3. The summed E-state index contributed by atoms with van der Waals surface area (Å²) in [6.07, 6.45) is 5.95. The van der Waals surface area contributed by atoms with Crippen molar-refractivity contribution in [3.05, 3.63) is 48.6 Å². The molecule has 3 aromatic heterocycles. The molecule has 7 heteroatoms. The summed E-state index contributed by atoms with van der Waals surface area (Å²) in [4.78, 5) is 23.3. The number of piperidine rings is 1. The van der Waals surface area contributed by atoms with E-state index in [1.165, 1.54) is 0 Å². The van der Waals surface area contributed by atoms with Gasteiger partial charge in [0.1, 0.15) is 5.69 Å². The third-order valence-corrected chi connectivity index (χ3v) is 4.63. The number of carbonyl (C=O) groups is 1. The summed E-state index contributed by atoms with van der Waals surface area (Å²) in [5, 5.41) is 3.78. The molecule has 0 aliphatic carbocycles. The van der Waals surface area contributed by atoms with Crippen molar-refractivity contribution in [2.24, 2.45) is 11.7 Å². The summed E-state index contributed by atoms with van der Waals surface area (Å²) in [6.45, 7) is 3.85. The van der Waals surface area contributed by atoms with Crippen LogP contribution < -0.4 is 16.0 Å². The predicted octanol–water partition coefficient (Wildman–Crippen LogP) is 2.65. The lowest BCUT2D eigenvalue weighted by Crippen LogP contribution is -2.46. The van der Waals surface area contributed by atoms with E-state index < -0.39 is 0 Å². The second-order valence-corrected chi connectivity index (χ2v) is 6.86. The standard InChI is InChI=1S/C19H21N5O2/c1-12-8-14(20)11-24(10-12)17-4-6-21-9-16(17)22-18(25)15-3-2-13-5-7-26-19(13)23-15/h2-7,9,12,14H,8,10-11,20H2,1H3,(H,22,25). The highest BCUT2D eigenvalue weighted by Crippen LogP contribution is 2.29. The van der Waals surface area contributed by atoms with Crippen molar-refractivity contribution in [1.29, 1.82) is 0 Å². The Bertz CT molecular complexity index is 928. The first-order chi connectivity index (χ1) is 12.6. The van der Waals surface area contributed by atoms with Crippen LogP contribution in [0.3, 0.4) is 0 Å². The maximum atomic E-state index is 12.7. The van der Waals surface area contributed by atoms with Gasteiger partial charge in [-0.15, -0.1) is 0 Å². The highest BCUT2D eigenvalue weighted by Gasteiger charge is 2.24. The maximum absolute atomic E-state index is 12.7. The van der Waals surface area contributed by atoms with Crippen LogP contribution in [0.5, 0.6) is 0 Å². The van der Waals surface area contributed by atoms with E-state index in [9.17, 15) is 4.79 Å². The largest absolute Gasteiger partial charge is 0.446 e. The number of amides is 1. The van der Waals surface area contributed by atoms with Crippen molar-refractivity contribution in [3.63, 3.8) is 0 Å². The van der Waals surface area contributed by atoms with Gasteiger partial charge in [-0.05, 0) is 36.6 Å². The molecule has 4 heterocycles. The lowest BCUT2D eigenvalue weighted by Gasteiger charge is -2.37. The molecule has 1 aliphatic heterocycles. The molecule has 26 heavy (non-hydrogen) atoms. The number of rotatable bonds is 3. The molecule has 4 rings (SSSR count). The van der Waals surface area contributed by atoms with Gasteiger partial charge in [0.05, 0.1) is 23.8 Å². The van der Waals surface area contributed by atoms with Crippen LogP contribution in [0.4, 0.5) is 11.4 Å². The van der Waals surface area contributed by atoms with Gasteiger partial charge in [0.15, 0.2) is 0 Å². The molecule has 1 saturated heterocycles. The number of furan rings is 1. The number of carbonyl (C=O) groups excluding carboxylic acids is 1. The zero-order valence-corrected chi connectivity index (χ0v) is 14.6. The van der Waals surface area contributed by atoms with Gasteiger partial charge in [-0.2, -0.15) is 0 Å². The Kier molecular flexibility index (Phi) is 4.30. The lowest BCUT2D eigenvalue weighted by molar-refractivity contribution is 0.102.